The van der Waals surface area contributed by atoms with Gasteiger partial charge in [0.25, 0.3) is 5.91 Å². The van der Waals surface area contributed by atoms with Crippen LogP contribution in [0, 0.1) is 0 Å². The Kier molecular flexibility index (Phi) is 5.24. The first-order valence-corrected chi connectivity index (χ1v) is 9.72. The Morgan fingerprint density at radius 3 is 2.61 bits per heavy atom. The fourth-order valence-corrected chi connectivity index (χ4v) is 3.87. The lowest BCUT2D eigenvalue weighted by Crippen LogP contribution is -2.63. The molecule has 0 saturated carbocycles. The Morgan fingerprint density at radius 1 is 1.11 bits per heavy atom. The summed E-state index contributed by atoms with van der Waals surface area (Å²) in [4.78, 5) is 26.7. The van der Waals surface area contributed by atoms with Gasteiger partial charge in [0.15, 0.2) is 0 Å². The van der Waals surface area contributed by atoms with Gasteiger partial charge in [-0.15, -0.1) is 0 Å². The minimum Gasteiger partial charge on any atom is -0.367 e. The fourth-order valence-electron chi connectivity index (χ4n) is 3.70. The topological polar surface area (TPSA) is 70.7 Å². The molecule has 146 valence electrons. The molecule has 1 spiro atoms. The molecule has 2 N–H and O–H groups in total. The molecule has 0 atom stereocenters. The smallest absolute Gasteiger partial charge is 0.255 e. The van der Waals surface area contributed by atoms with Gasteiger partial charge < -0.3 is 20.3 Å². The van der Waals surface area contributed by atoms with Crippen LogP contribution in [-0.4, -0.2) is 42.1 Å². The monoisotopic (exact) mass is 399 g/mol. The van der Waals surface area contributed by atoms with Gasteiger partial charge in [-0.25, -0.2) is 0 Å². The summed E-state index contributed by atoms with van der Waals surface area (Å²) in [5, 5.41) is 7.07. The predicted molar refractivity (Wildman–Crippen MR) is 107 cm³/mol. The third-order valence-electron chi connectivity index (χ3n) is 5.26. The largest absolute Gasteiger partial charge is 0.367 e. The highest BCUT2D eigenvalue weighted by Gasteiger charge is 2.41. The van der Waals surface area contributed by atoms with Crippen molar-refractivity contribution in [3.05, 3.63) is 64.7 Å². The Morgan fingerprint density at radius 2 is 1.86 bits per heavy atom. The molecule has 0 unspecified atom stereocenters. The number of fused-ring (bicyclic) bond motifs is 1. The molecule has 7 heteroatoms. The number of anilines is 1. The van der Waals surface area contributed by atoms with Gasteiger partial charge in [-0.05, 0) is 23.8 Å². The Hall–Kier alpha value is -2.57. The molecule has 28 heavy (non-hydrogen) atoms. The molecule has 2 heterocycles. The van der Waals surface area contributed by atoms with Crippen LogP contribution in [0.25, 0.3) is 0 Å². The van der Waals surface area contributed by atoms with Crippen LogP contribution in [0.5, 0.6) is 0 Å². The van der Waals surface area contributed by atoms with Crippen LogP contribution in [0.2, 0.25) is 5.02 Å². The van der Waals surface area contributed by atoms with Crippen LogP contribution in [0.15, 0.2) is 48.5 Å². The molecular formula is C21H22ClN3O3. The number of carbonyl (C=O) groups excluding carboxylic acids is 2. The first-order valence-electron chi connectivity index (χ1n) is 9.34. The van der Waals surface area contributed by atoms with E-state index in [0.29, 0.717) is 43.1 Å². The van der Waals surface area contributed by atoms with Crippen LogP contribution in [0.3, 0.4) is 0 Å². The highest BCUT2D eigenvalue weighted by atomic mass is 35.5. The SMILES string of the molecule is O=C1NC2(CCN(C(=O)COCc3ccccc3)CC2)Nc2cc(Cl)ccc21. The molecule has 0 aromatic heterocycles. The van der Waals surface area contributed by atoms with Crippen molar-refractivity contribution < 1.29 is 14.3 Å². The normalized spacial score (nSPS) is 17.6. The second-order valence-corrected chi connectivity index (χ2v) is 7.65. The van der Waals surface area contributed by atoms with E-state index in [2.05, 4.69) is 10.6 Å². The third kappa shape index (κ3) is 3.98. The molecule has 0 radical (unpaired) electrons. The van der Waals surface area contributed by atoms with Crippen molar-refractivity contribution in [2.45, 2.75) is 25.1 Å². The third-order valence-corrected chi connectivity index (χ3v) is 5.49. The maximum absolute atomic E-state index is 12.5. The Balaban J connectivity index is 1.32. The van der Waals surface area contributed by atoms with Gasteiger partial charge >= 0.3 is 0 Å². The van der Waals surface area contributed by atoms with Crippen LogP contribution in [0.1, 0.15) is 28.8 Å². The van der Waals surface area contributed by atoms with Gasteiger partial charge in [-0.3, -0.25) is 9.59 Å². The second-order valence-electron chi connectivity index (χ2n) is 7.21. The number of hydrogen-bond acceptors (Lipinski definition) is 4. The lowest BCUT2D eigenvalue weighted by Gasteiger charge is -2.45. The highest BCUT2D eigenvalue weighted by molar-refractivity contribution is 6.31. The van der Waals surface area contributed by atoms with Crippen molar-refractivity contribution in [2.75, 3.05) is 25.0 Å². The highest BCUT2D eigenvalue weighted by Crippen LogP contribution is 2.32. The number of halogens is 1. The average Bonchev–Trinajstić information content (AvgIpc) is 2.69. The van der Waals surface area contributed by atoms with Gasteiger partial charge in [0.2, 0.25) is 5.91 Å². The number of likely N-dealkylation sites (tertiary alicyclic amines) is 1. The summed E-state index contributed by atoms with van der Waals surface area (Å²) < 4.78 is 5.56. The van der Waals surface area contributed by atoms with Gasteiger partial charge in [-0.1, -0.05) is 41.9 Å². The van der Waals surface area contributed by atoms with Gasteiger partial charge in [0.1, 0.15) is 12.3 Å². The van der Waals surface area contributed by atoms with Crippen molar-refractivity contribution >= 4 is 29.1 Å². The molecule has 2 aromatic rings. The maximum atomic E-state index is 12.5. The summed E-state index contributed by atoms with van der Waals surface area (Å²) in [7, 11) is 0. The van der Waals surface area contributed by atoms with E-state index >= 15 is 0 Å². The first-order chi connectivity index (χ1) is 13.5. The van der Waals surface area contributed by atoms with E-state index < -0.39 is 5.66 Å². The minimum absolute atomic E-state index is 0.0311. The van der Waals surface area contributed by atoms with Crippen molar-refractivity contribution in [1.29, 1.82) is 0 Å². The average molecular weight is 400 g/mol. The summed E-state index contributed by atoms with van der Waals surface area (Å²) in [6, 6.07) is 15.0. The number of amides is 2. The molecule has 2 aromatic carbocycles. The number of ether oxygens (including phenoxy) is 1. The van der Waals surface area contributed by atoms with Gasteiger partial charge in [-0.2, -0.15) is 0 Å². The van der Waals surface area contributed by atoms with Crippen LogP contribution in [0.4, 0.5) is 5.69 Å². The molecule has 6 nitrogen and oxygen atoms in total. The number of hydrogen-bond donors (Lipinski definition) is 2. The van der Waals surface area contributed by atoms with Gasteiger partial charge in [0.05, 0.1) is 17.9 Å². The summed E-state index contributed by atoms with van der Waals surface area (Å²) in [6.07, 6.45) is 1.24. The van der Waals surface area contributed by atoms with E-state index in [1.807, 2.05) is 30.3 Å². The second kappa shape index (κ2) is 7.81. The van der Waals surface area contributed by atoms with Crippen LogP contribution < -0.4 is 10.6 Å². The van der Waals surface area contributed by atoms with E-state index in [1.54, 1.807) is 23.1 Å². The van der Waals surface area contributed by atoms with Crippen molar-refractivity contribution in [3.63, 3.8) is 0 Å². The molecule has 0 aliphatic carbocycles. The number of nitrogens with zero attached hydrogens (tertiary/aromatic N) is 1. The van der Waals surface area contributed by atoms with Crippen molar-refractivity contribution in [3.8, 4) is 0 Å². The molecule has 0 bridgehead atoms. The standard InChI is InChI=1S/C21H22ClN3O3/c22-16-6-7-17-18(12-16)23-21(24-20(17)27)8-10-25(11-9-21)19(26)14-28-13-15-4-2-1-3-5-15/h1-7,12,23H,8-11,13-14H2,(H,24,27). The Labute approximate surface area is 168 Å². The van der Waals surface area contributed by atoms with E-state index in [9.17, 15) is 9.59 Å². The zero-order chi connectivity index (χ0) is 19.6. The Bertz CT molecular complexity index is 880. The quantitative estimate of drug-likeness (QED) is 0.829. The molecule has 1 fully saturated rings. The molecule has 1 saturated heterocycles. The van der Waals surface area contributed by atoms with Crippen molar-refractivity contribution in [1.82, 2.24) is 10.2 Å². The number of benzene rings is 2. The minimum atomic E-state index is -0.545. The summed E-state index contributed by atoms with van der Waals surface area (Å²) >= 11 is 6.07. The first kappa shape index (κ1) is 18.8. The molecule has 2 aliphatic heterocycles. The number of rotatable bonds is 4. The number of nitrogens with one attached hydrogen (secondary N) is 2. The van der Waals surface area contributed by atoms with Crippen molar-refractivity contribution in [2.24, 2.45) is 0 Å². The lowest BCUT2D eigenvalue weighted by atomic mass is 9.92. The molecule has 2 amide bonds. The van der Waals surface area contributed by atoms with E-state index in [4.69, 9.17) is 16.3 Å². The fraction of sp³-hybridized carbons (Fsp3) is 0.333. The molecule has 2 aliphatic rings. The number of carbonyl (C=O) groups is 2. The van der Waals surface area contributed by atoms with E-state index in [-0.39, 0.29) is 18.4 Å². The predicted octanol–water partition coefficient (Wildman–Crippen LogP) is 3.03. The van der Waals surface area contributed by atoms with Crippen LogP contribution >= 0.6 is 11.6 Å². The summed E-state index contributed by atoms with van der Waals surface area (Å²) in [6.45, 7) is 1.58. The zero-order valence-corrected chi connectivity index (χ0v) is 16.2. The summed E-state index contributed by atoms with van der Waals surface area (Å²) in [5.74, 6) is -0.146. The zero-order valence-electron chi connectivity index (χ0n) is 15.4. The maximum Gasteiger partial charge on any atom is 0.255 e. The van der Waals surface area contributed by atoms with Gasteiger partial charge in [0, 0.05) is 31.0 Å². The number of piperidine rings is 1. The lowest BCUT2D eigenvalue weighted by molar-refractivity contribution is -0.138. The summed E-state index contributed by atoms with van der Waals surface area (Å²) in [5.41, 5.74) is 1.82. The van der Waals surface area contributed by atoms with E-state index in [1.165, 1.54) is 0 Å². The van der Waals surface area contributed by atoms with Crippen LogP contribution in [-0.2, 0) is 16.1 Å². The molecule has 4 rings (SSSR count). The molecular weight excluding hydrogens is 378 g/mol. The van der Waals surface area contributed by atoms with E-state index in [0.717, 1.165) is 11.3 Å².